The monoisotopic (exact) mass is 391 g/mol. The zero-order valence-electron chi connectivity index (χ0n) is 16.6. The summed E-state index contributed by atoms with van der Waals surface area (Å²) in [5.74, 6) is -0.150. The lowest BCUT2D eigenvalue weighted by molar-refractivity contribution is -0.135. The van der Waals surface area contributed by atoms with Gasteiger partial charge >= 0.3 is 5.69 Å². The van der Waals surface area contributed by atoms with Crippen LogP contribution in [0.3, 0.4) is 0 Å². The third kappa shape index (κ3) is 3.62. The molecule has 3 aromatic rings. The number of aromatic nitrogens is 2. The van der Waals surface area contributed by atoms with Crippen molar-refractivity contribution in [1.29, 1.82) is 0 Å². The van der Waals surface area contributed by atoms with E-state index in [1.807, 2.05) is 30.3 Å². The predicted octanol–water partition coefficient (Wildman–Crippen LogP) is 2.50. The standard InChI is InChI=1S/C23H25N3O3/c1-24-19-13-7-6-12-18(19)21(27)26(23(24)29)20(16-17-10-4-2-5-11-17)22(28)25-14-8-3-9-15-25/h2,4-7,10-13,20H,3,8-9,14-16H2,1H3/t20-/m0/s1. The van der Waals surface area contributed by atoms with E-state index >= 15 is 0 Å². The molecule has 1 aliphatic rings. The number of amides is 1. The lowest BCUT2D eigenvalue weighted by atomic mass is 10.0. The summed E-state index contributed by atoms with van der Waals surface area (Å²) in [4.78, 5) is 41.8. The van der Waals surface area contributed by atoms with E-state index in [4.69, 9.17) is 0 Å². The van der Waals surface area contributed by atoms with Crippen molar-refractivity contribution in [1.82, 2.24) is 14.0 Å². The zero-order valence-corrected chi connectivity index (χ0v) is 16.6. The van der Waals surface area contributed by atoms with Gasteiger partial charge in [-0.25, -0.2) is 9.36 Å². The molecule has 1 aliphatic heterocycles. The van der Waals surface area contributed by atoms with Crippen molar-refractivity contribution < 1.29 is 4.79 Å². The van der Waals surface area contributed by atoms with Crippen LogP contribution in [-0.4, -0.2) is 33.0 Å². The molecule has 0 bridgehead atoms. The molecule has 0 aliphatic carbocycles. The Labute approximate surface area is 169 Å². The van der Waals surface area contributed by atoms with Crippen LogP contribution in [0.15, 0.2) is 64.2 Å². The van der Waals surface area contributed by atoms with Gasteiger partial charge in [0, 0.05) is 26.6 Å². The number of likely N-dealkylation sites (tertiary alicyclic amines) is 1. The minimum atomic E-state index is -0.855. The number of para-hydroxylation sites is 1. The van der Waals surface area contributed by atoms with E-state index in [9.17, 15) is 14.4 Å². The van der Waals surface area contributed by atoms with E-state index in [1.165, 1.54) is 4.57 Å². The second kappa shape index (κ2) is 8.07. The third-order valence-corrected chi connectivity index (χ3v) is 5.74. The molecule has 1 saturated heterocycles. The van der Waals surface area contributed by atoms with Gasteiger partial charge in [-0.3, -0.25) is 14.2 Å². The molecular weight excluding hydrogens is 366 g/mol. The van der Waals surface area contributed by atoms with Crippen LogP contribution >= 0.6 is 0 Å². The summed E-state index contributed by atoms with van der Waals surface area (Å²) in [7, 11) is 1.64. The predicted molar refractivity (Wildman–Crippen MR) is 113 cm³/mol. The third-order valence-electron chi connectivity index (χ3n) is 5.74. The summed E-state index contributed by atoms with van der Waals surface area (Å²) < 4.78 is 2.62. The van der Waals surface area contributed by atoms with Crippen molar-refractivity contribution in [3.63, 3.8) is 0 Å². The molecule has 0 radical (unpaired) electrons. The minimum Gasteiger partial charge on any atom is -0.341 e. The van der Waals surface area contributed by atoms with Crippen molar-refractivity contribution in [3.05, 3.63) is 81.0 Å². The largest absolute Gasteiger partial charge is 0.341 e. The van der Waals surface area contributed by atoms with Gasteiger partial charge in [0.2, 0.25) is 5.91 Å². The highest BCUT2D eigenvalue weighted by molar-refractivity contribution is 5.82. The lowest BCUT2D eigenvalue weighted by Crippen LogP contribution is -2.49. The topological polar surface area (TPSA) is 64.3 Å². The molecule has 1 atom stereocenters. The maximum atomic E-state index is 13.5. The Kier molecular flexibility index (Phi) is 5.34. The highest BCUT2D eigenvalue weighted by atomic mass is 16.2. The van der Waals surface area contributed by atoms with Crippen LogP contribution in [0.25, 0.3) is 10.9 Å². The summed E-state index contributed by atoms with van der Waals surface area (Å²) in [6, 6.07) is 15.7. The molecule has 0 N–H and O–H groups in total. The highest BCUT2D eigenvalue weighted by Crippen LogP contribution is 2.19. The van der Waals surface area contributed by atoms with Crippen molar-refractivity contribution >= 4 is 16.8 Å². The number of nitrogens with zero attached hydrogens (tertiary/aromatic N) is 3. The Hall–Kier alpha value is -3.15. The van der Waals surface area contributed by atoms with Crippen LogP contribution in [0.5, 0.6) is 0 Å². The number of aryl methyl sites for hydroxylation is 1. The maximum absolute atomic E-state index is 13.5. The van der Waals surface area contributed by atoms with Crippen LogP contribution < -0.4 is 11.2 Å². The number of hydrogen-bond donors (Lipinski definition) is 0. The first-order chi connectivity index (χ1) is 14.1. The summed E-state index contributed by atoms with van der Waals surface area (Å²) in [6.07, 6.45) is 3.32. The summed E-state index contributed by atoms with van der Waals surface area (Å²) >= 11 is 0. The molecule has 2 aromatic carbocycles. The van der Waals surface area contributed by atoms with Crippen molar-refractivity contribution in [2.24, 2.45) is 7.05 Å². The van der Waals surface area contributed by atoms with Crippen molar-refractivity contribution in [2.45, 2.75) is 31.7 Å². The van der Waals surface area contributed by atoms with E-state index in [2.05, 4.69) is 0 Å². The quantitative estimate of drug-likeness (QED) is 0.686. The Morgan fingerprint density at radius 3 is 2.31 bits per heavy atom. The molecule has 150 valence electrons. The van der Waals surface area contributed by atoms with Crippen LogP contribution in [0.4, 0.5) is 0 Å². The number of fused-ring (bicyclic) bond motifs is 1. The smallest absolute Gasteiger partial charge is 0.331 e. The van der Waals surface area contributed by atoms with Crippen LogP contribution in [0.2, 0.25) is 0 Å². The van der Waals surface area contributed by atoms with Gasteiger partial charge in [-0.15, -0.1) is 0 Å². The maximum Gasteiger partial charge on any atom is 0.331 e. The van der Waals surface area contributed by atoms with Crippen molar-refractivity contribution in [3.8, 4) is 0 Å². The van der Waals surface area contributed by atoms with Gasteiger partial charge < -0.3 is 4.90 Å². The fraction of sp³-hybridized carbons (Fsp3) is 0.348. The molecule has 1 amide bonds. The van der Waals surface area contributed by atoms with E-state index < -0.39 is 17.3 Å². The molecule has 0 spiro atoms. The molecular formula is C23H25N3O3. The van der Waals surface area contributed by atoms with Gasteiger partial charge in [-0.2, -0.15) is 0 Å². The Morgan fingerprint density at radius 1 is 0.931 bits per heavy atom. The lowest BCUT2D eigenvalue weighted by Gasteiger charge is -2.31. The molecule has 1 aromatic heterocycles. The van der Waals surface area contributed by atoms with Gasteiger partial charge in [0.05, 0.1) is 10.9 Å². The van der Waals surface area contributed by atoms with E-state index in [1.54, 1.807) is 36.2 Å². The molecule has 2 heterocycles. The number of rotatable bonds is 4. The second-order valence-electron chi connectivity index (χ2n) is 7.63. The molecule has 6 nitrogen and oxygen atoms in total. The van der Waals surface area contributed by atoms with Crippen molar-refractivity contribution in [2.75, 3.05) is 13.1 Å². The van der Waals surface area contributed by atoms with Crippen LogP contribution in [0, 0.1) is 0 Å². The van der Waals surface area contributed by atoms with E-state index in [0.29, 0.717) is 30.4 Å². The van der Waals surface area contributed by atoms with Crippen LogP contribution in [0.1, 0.15) is 30.9 Å². The molecule has 4 rings (SSSR count). The van der Waals surface area contributed by atoms with E-state index in [0.717, 1.165) is 29.4 Å². The minimum absolute atomic E-state index is 0.150. The number of carbonyl (C=O) groups excluding carboxylic acids is 1. The Morgan fingerprint density at radius 2 is 1.59 bits per heavy atom. The number of hydrogen-bond acceptors (Lipinski definition) is 3. The fourth-order valence-electron chi connectivity index (χ4n) is 4.15. The fourth-order valence-corrected chi connectivity index (χ4v) is 4.15. The molecule has 29 heavy (non-hydrogen) atoms. The highest BCUT2D eigenvalue weighted by Gasteiger charge is 2.30. The zero-order chi connectivity index (χ0) is 20.4. The molecule has 6 heteroatoms. The number of carbonyl (C=O) groups is 1. The van der Waals surface area contributed by atoms with Gasteiger partial charge in [-0.1, -0.05) is 42.5 Å². The molecule has 1 fully saturated rings. The first kappa shape index (κ1) is 19.2. The number of piperidine rings is 1. The summed E-state index contributed by atoms with van der Waals surface area (Å²) in [6.45, 7) is 1.35. The summed E-state index contributed by atoms with van der Waals surface area (Å²) in [5.41, 5.74) is 0.627. The van der Waals surface area contributed by atoms with Gasteiger partial charge in [0.25, 0.3) is 5.56 Å². The SMILES string of the molecule is Cn1c(=O)n([C@@H](Cc2ccccc2)C(=O)N2CCCCC2)c(=O)c2ccccc21. The van der Waals surface area contributed by atoms with Gasteiger partial charge in [0.15, 0.2) is 0 Å². The normalized spacial score (nSPS) is 15.4. The van der Waals surface area contributed by atoms with E-state index in [-0.39, 0.29) is 5.91 Å². The van der Waals surface area contributed by atoms with Gasteiger partial charge in [-0.05, 0) is 37.0 Å². The Bertz CT molecular complexity index is 1140. The average Bonchev–Trinajstić information content (AvgIpc) is 2.78. The summed E-state index contributed by atoms with van der Waals surface area (Å²) in [5, 5.41) is 0.444. The average molecular weight is 391 g/mol. The van der Waals surface area contributed by atoms with Gasteiger partial charge in [0.1, 0.15) is 6.04 Å². The second-order valence-corrected chi connectivity index (χ2v) is 7.63. The molecule has 0 unspecified atom stereocenters. The molecule has 0 saturated carbocycles. The Balaban J connectivity index is 1.88. The number of benzene rings is 2. The van der Waals surface area contributed by atoms with Crippen LogP contribution in [-0.2, 0) is 18.3 Å². The first-order valence-electron chi connectivity index (χ1n) is 10.1. The first-order valence-corrected chi connectivity index (χ1v) is 10.1.